The summed E-state index contributed by atoms with van der Waals surface area (Å²) in [7, 11) is 4.88. The van der Waals surface area contributed by atoms with E-state index in [1.807, 2.05) is 24.3 Å². The molecule has 0 aliphatic carbocycles. The number of methoxy groups -OCH3 is 3. The first-order valence-electron chi connectivity index (χ1n) is 5.09. The van der Waals surface area contributed by atoms with E-state index in [4.69, 9.17) is 14.2 Å². The van der Waals surface area contributed by atoms with Crippen LogP contribution in [-0.4, -0.2) is 21.3 Å². The van der Waals surface area contributed by atoms with Gasteiger partial charge in [-0.25, -0.2) is 0 Å². The van der Waals surface area contributed by atoms with Crippen molar-refractivity contribution in [1.29, 1.82) is 0 Å². The van der Waals surface area contributed by atoms with Gasteiger partial charge in [-0.05, 0) is 18.2 Å². The van der Waals surface area contributed by atoms with Gasteiger partial charge < -0.3 is 14.2 Å². The molecule has 0 fully saturated rings. The maximum absolute atomic E-state index is 5.39. The van der Waals surface area contributed by atoms with E-state index >= 15 is 0 Å². The monoisotopic (exact) mass is 296 g/mol. The van der Waals surface area contributed by atoms with Crippen molar-refractivity contribution >= 4 is 26.7 Å². The SMILES string of the molecule is COc1cc(OC)c2cc(Br)ccc2c1OC. The number of hydrogen-bond acceptors (Lipinski definition) is 3. The van der Waals surface area contributed by atoms with E-state index in [0.29, 0.717) is 5.75 Å². The van der Waals surface area contributed by atoms with Crippen LogP contribution in [0.15, 0.2) is 28.7 Å². The fourth-order valence-corrected chi connectivity index (χ4v) is 2.21. The van der Waals surface area contributed by atoms with Crippen LogP contribution in [0.4, 0.5) is 0 Å². The van der Waals surface area contributed by atoms with Crippen LogP contribution in [0.3, 0.4) is 0 Å². The van der Waals surface area contributed by atoms with Crippen molar-refractivity contribution in [3.8, 4) is 17.2 Å². The van der Waals surface area contributed by atoms with E-state index in [1.54, 1.807) is 21.3 Å². The first-order chi connectivity index (χ1) is 8.21. The molecule has 0 heterocycles. The Morgan fingerprint density at radius 3 is 2.12 bits per heavy atom. The fourth-order valence-electron chi connectivity index (χ4n) is 1.84. The predicted molar refractivity (Wildman–Crippen MR) is 71.3 cm³/mol. The summed E-state index contributed by atoms with van der Waals surface area (Å²) in [6, 6.07) is 7.76. The number of rotatable bonds is 3. The molecule has 0 saturated heterocycles. The molecule has 0 N–H and O–H groups in total. The van der Waals surface area contributed by atoms with Gasteiger partial charge in [-0.15, -0.1) is 0 Å². The zero-order valence-corrected chi connectivity index (χ0v) is 11.5. The van der Waals surface area contributed by atoms with Gasteiger partial charge in [-0.2, -0.15) is 0 Å². The van der Waals surface area contributed by atoms with Gasteiger partial charge in [-0.3, -0.25) is 0 Å². The lowest BCUT2D eigenvalue weighted by Gasteiger charge is -2.14. The molecular formula is C13H13BrO3. The van der Waals surface area contributed by atoms with Gasteiger partial charge in [0.1, 0.15) is 5.75 Å². The lowest BCUT2D eigenvalue weighted by atomic mass is 10.1. The van der Waals surface area contributed by atoms with Crippen LogP contribution in [-0.2, 0) is 0 Å². The average molecular weight is 297 g/mol. The number of halogens is 1. The van der Waals surface area contributed by atoms with E-state index in [-0.39, 0.29) is 0 Å². The van der Waals surface area contributed by atoms with E-state index in [9.17, 15) is 0 Å². The maximum atomic E-state index is 5.39. The molecular weight excluding hydrogens is 284 g/mol. The highest BCUT2D eigenvalue weighted by Crippen LogP contribution is 2.42. The van der Waals surface area contributed by atoms with Crippen LogP contribution in [0.1, 0.15) is 0 Å². The lowest BCUT2D eigenvalue weighted by molar-refractivity contribution is 0.353. The number of hydrogen-bond donors (Lipinski definition) is 0. The van der Waals surface area contributed by atoms with Gasteiger partial charge in [0.2, 0.25) is 0 Å². The first-order valence-corrected chi connectivity index (χ1v) is 5.88. The van der Waals surface area contributed by atoms with Crippen LogP contribution >= 0.6 is 15.9 Å². The minimum atomic E-state index is 0.666. The third-order valence-electron chi connectivity index (χ3n) is 2.62. The minimum Gasteiger partial charge on any atom is -0.496 e. The summed E-state index contributed by atoms with van der Waals surface area (Å²) in [5.74, 6) is 2.15. The summed E-state index contributed by atoms with van der Waals surface area (Å²) in [6.07, 6.45) is 0. The van der Waals surface area contributed by atoms with Crippen molar-refractivity contribution in [2.45, 2.75) is 0 Å². The number of ether oxygens (including phenoxy) is 3. The van der Waals surface area contributed by atoms with Crippen molar-refractivity contribution in [1.82, 2.24) is 0 Å². The Hall–Kier alpha value is -1.42. The average Bonchev–Trinajstić information content (AvgIpc) is 2.36. The molecule has 3 nitrogen and oxygen atoms in total. The van der Waals surface area contributed by atoms with Crippen molar-refractivity contribution < 1.29 is 14.2 Å². The Balaban J connectivity index is 2.85. The summed E-state index contributed by atoms with van der Waals surface area (Å²) < 4.78 is 17.1. The smallest absolute Gasteiger partial charge is 0.168 e. The largest absolute Gasteiger partial charge is 0.496 e. The standard InChI is InChI=1S/C13H13BrO3/c1-15-11-7-12(16-2)13(17-3)9-5-4-8(14)6-10(9)11/h4-7H,1-3H3. The Kier molecular flexibility index (Phi) is 3.43. The van der Waals surface area contributed by atoms with Gasteiger partial charge in [0.15, 0.2) is 11.5 Å². The summed E-state index contributed by atoms with van der Waals surface area (Å²) in [5, 5.41) is 1.95. The highest BCUT2D eigenvalue weighted by Gasteiger charge is 2.13. The van der Waals surface area contributed by atoms with Crippen LogP contribution in [0.2, 0.25) is 0 Å². The fraction of sp³-hybridized carbons (Fsp3) is 0.231. The van der Waals surface area contributed by atoms with Gasteiger partial charge in [-0.1, -0.05) is 15.9 Å². The summed E-state index contributed by atoms with van der Waals surface area (Å²) in [5.41, 5.74) is 0. The zero-order valence-electron chi connectivity index (χ0n) is 9.91. The molecule has 0 aliphatic heterocycles. The lowest BCUT2D eigenvalue weighted by Crippen LogP contribution is -1.94. The van der Waals surface area contributed by atoms with Crippen LogP contribution in [0.5, 0.6) is 17.2 Å². The van der Waals surface area contributed by atoms with E-state index < -0.39 is 0 Å². The highest BCUT2D eigenvalue weighted by atomic mass is 79.9. The Morgan fingerprint density at radius 2 is 1.53 bits per heavy atom. The molecule has 17 heavy (non-hydrogen) atoms. The third-order valence-corrected chi connectivity index (χ3v) is 3.11. The van der Waals surface area contributed by atoms with Crippen LogP contribution in [0, 0.1) is 0 Å². The Morgan fingerprint density at radius 1 is 0.824 bits per heavy atom. The molecule has 0 unspecified atom stereocenters. The quantitative estimate of drug-likeness (QED) is 0.866. The maximum Gasteiger partial charge on any atom is 0.168 e. The second-order valence-corrected chi connectivity index (χ2v) is 4.42. The normalized spacial score (nSPS) is 10.4. The molecule has 0 atom stereocenters. The Bertz CT molecular complexity index is 552. The zero-order chi connectivity index (χ0) is 12.4. The molecule has 0 amide bonds. The molecule has 2 rings (SSSR count). The van der Waals surface area contributed by atoms with Crippen molar-refractivity contribution in [3.63, 3.8) is 0 Å². The minimum absolute atomic E-state index is 0.666. The van der Waals surface area contributed by atoms with E-state index in [1.165, 1.54) is 0 Å². The topological polar surface area (TPSA) is 27.7 Å². The molecule has 0 aromatic heterocycles. The van der Waals surface area contributed by atoms with E-state index in [0.717, 1.165) is 26.7 Å². The first kappa shape index (κ1) is 12.0. The molecule has 0 radical (unpaired) electrons. The van der Waals surface area contributed by atoms with Gasteiger partial charge in [0.25, 0.3) is 0 Å². The second-order valence-electron chi connectivity index (χ2n) is 3.50. The number of benzene rings is 2. The predicted octanol–water partition coefficient (Wildman–Crippen LogP) is 3.63. The summed E-state index contributed by atoms with van der Waals surface area (Å²) in [6.45, 7) is 0. The molecule has 0 aliphatic rings. The van der Waals surface area contributed by atoms with Crippen LogP contribution < -0.4 is 14.2 Å². The van der Waals surface area contributed by atoms with Gasteiger partial charge >= 0.3 is 0 Å². The van der Waals surface area contributed by atoms with Crippen LogP contribution in [0.25, 0.3) is 10.8 Å². The second kappa shape index (κ2) is 4.84. The molecule has 4 heteroatoms. The molecule has 2 aromatic rings. The molecule has 0 saturated carbocycles. The number of fused-ring (bicyclic) bond motifs is 1. The molecule has 2 aromatic carbocycles. The highest BCUT2D eigenvalue weighted by molar-refractivity contribution is 9.10. The van der Waals surface area contributed by atoms with Crippen molar-refractivity contribution in [2.75, 3.05) is 21.3 Å². The third kappa shape index (κ3) is 2.05. The van der Waals surface area contributed by atoms with Crippen molar-refractivity contribution in [2.24, 2.45) is 0 Å². The van der Waals surface area contributed by atoms with Crippen molar-refractivity contribution in [3.05, 3.63) is 28.7 Å². The van der Waals surface area contributed by atoms with Gasteiger partial charge in [0.05, 0.1) is 21.3 Å². The Labute approximate surface area is 108 Å². The summed E-state index contributed by atoms with van der Waals surface area (Å²) in [4.78, 5) is 0. The molecule has 90 valence electrons. The molecule has 0 bridgehead atoms. The van der Waals surface area contributed by atoms with E-state index in [2.05, 4.69) is 15.9 Å². The van der Waals surface area contributed by atoms with Gasteiger partial charge in [0, 0.05) is 21.3 Å². The molecule has 0 spiro atoms. The summed E-state index contributed by atoms with van der Waals surface area (Å²) >= 11 is 3.45.